The Bertz CT molecular complexity index is 1130. The van der Waals surface area contributed by atoms with Gasteiger partial charge in [0, 0.05) is 15.8 Å². The van der Waals surface area contributed by atoms with Crippen LogP contribution in [0.4, 0.5) is 0 Å². The first kappa shape index (κ1) is 17.1. The first-order chi connectivity index (χ1) is 12.5. The van der Waals surface area contributed by atoms with Gasteiger partial charge in [-0.1, -0.05) is 17.7 Å². The fraction of sp³-hybridized carbons (Fsp3) is 0.200. The first-order valence-corrected chi connectivity index (χ1v) is 10.1. The molecule has 3 aromatic heterocycles. The van der Waals surface area contributed by atoms with Crippen molar-refractivity contribution in [1.82, 2.24) is 9.97 Å². The van der Waals surface area contributed by atoms with Gasteiger partial charge in [-0.05, 0) is 44.5 Å². The topological polar surface area (TPSA) is 58.9 Å². The van der Waals surface area contributed by atoms with Gasteiger partial charge in [0.15, 0.2) is 0 Å². The molecule has 0 fully saturated rings. The summed E-state index contributed by atoms with van der Waals surface area (Å²) in [5.74, 6) is 1.38. The molecule has 4 aromatic rings. The first-order valence-electron chi connectivity index (χ1n) is 8.32. The predicted molar refractivity (Wildman–Crippen MR) is 108 cm³/mol. The molecule has 0 saturated carbocycles. The Morgan fingerprint density at radius 3 is 2.85 bits per heavy atom. The standard InChI is InChI=1S/C20H18N2O2S2/c1-11-6-7-16(12(2)9-11)26-13(3)18-21-19(23)17-14(10-25-20(17)22-18)15-5-4-8-24-15/h4-10,13H,1-3H3,(H,21,22,23). The average molecular weight is 383 g/mol. The van der Waals surface area contributed by atoms with E-state index in [9.17, 15) is 4.79 Å². The van der Waals surface area contributed by atoms with E-state index in [0.29, 0.717) is 17.0 Å². The Morgan fingerprint density at radius 2 is 2.12 bits per heavy atom. The van der Waals surface area contributed by atoms with Crippen molar-refractivity contribution in [3.63, 3.8) is 0 Å². The molecule has 0 aliphatic rings. The van der Waals surface area contributed by atoms with Gasteiger partial charge in [-0.2, -0.15) is 0 Å². The van der Waals surface area contributed by atoms with Gasteiger partial charge in [0.2, 0.25) is 0 Å². The second-order valence-electron chi connectivity index (χ2n) is 6.29. The molecule has 1 unspecified atom stereocenters. The van der Waals surface area contributed by atoms with E-state index >= 15 is 0 Å². The molecule has 0 radical (unpaired) electrons. The Morgan fingerprint density at radius 1 is 1.27 bits per heavy atom. The zero-order chi connectivity index (χ0) is 18.3. The van der Waals surface area contributed by atoms with E-state index in [2.05, 4.69) is 44.0 Å². The van der Waals surface area contributed by atoms with Crippen LogP contribution >= 0.6 is 23.1 Å². The van der Waals surface area contributed by atoms with Crippen molar-refractivity contribution in [1.29, 1.82) is 0 Å². The van der Waals surface area contributed by atoms with E-state index in [1.807, 2.05) is 17.5 Å². The highest BCUT2D eigenvalue weighted by molar-refractivity contribution is 7.99. The van der Waals surface area contributed by atoms with Crippen LogP contribution in [0.2, 0.25) is 0 Å². The van der Waals surface area contributed by atoms with Crippen molar-refractivity contribution in [2.45, 2.75) is 30.9 Å². The summed E-state index contributed by atoms with van der Waals surface area (Å²) in [4.78, 5) is 22.3. The van der Waals surface area contributed by atoms with Crippen LogP contribution in [0.15, 0.2) is 56.1 Å². The van der Waals surface area contributed by atoms with Gasteiger partial charge >= 0.3 is 0 Å². The van der Waals surface area contributed by atoms with Crippen LogP contribution in [0, 0.1) is 13.8 Å². The lowest BCUT2D eigenvalue weighted by molar-refractivity contribution is 0.583. The molecule has 3 heterocycles. The fourth-order valence-corrected chi connectivity index (χ4v) is 4.88. The monoisotopic (exact) mass is 382 g/mol. The minimum Gasteiger partial charge on any atom is -0.464 e. The number of hydrogen-bond donors (Lipinski definition) is 1. The Hall–Kier alpha value is -2.31. The molecule has 0 saturated heterocycles. The summed E-state index contributed by atoms with van der Waals surface area (Å²) in [6, 6.07) is 10.1. The molecule has 1 atom stereocenters. The average Bonchev–Trinajstić information content (AvgIpc) is 3.26. The number of aromatic amines is 1. The fourth-order valence-electron chi connectivity index (χ4n) is 2.95. The third-order valence-electron chi connectivity index (χ3n) is 4.27. The number of aromatic nitrogens is 2. The van der Waals surface area contributed by atoms with E-state index in [0.717, 1.165) is 10.4 Å². The minimum atomic E-state index is -0.120. The van der Waals surface area contributed by atoms with Gasteiger partial charge in [0.25, 0.3) is 5.56 Å². The summed E-state index contributed by atoms with van der Waals surface area (Å²) in [6.07, 6.45) is 1.61. The number of thioether (sulfide) groups is 1. The quantitative estimate of drug-likeness (QED) is 0.459. The van der Waals surface area contributed by atoms with Crippen molar-refractivity contribution < 1.29 is 4.42 Å². The third kappa shape index (κ3) is 3.10. The molecule has 1 N–H and O–H groups in total. The highest BCUT2D eigenvalue weighted by atomic mass is 32.2. The van der Waals surface area contributed by atoms with E-state index < -0.39 is 0 Å². The number of H-pyrrole nitrogens is 1. The molecule has 132 valence electrons. The number of nitrogens with zero attached hydrogens (tertiary/aromatic N) is 1. The zero-order valence-corrected chi connectivity index (χ0v) is 16.3. The highest BCUT2D eigenvalue weighted by Gasteiger charge is 2.18. The molecule has 0 amide bonds. The van der Waals surface area contributed by atoms with Gasteiger partial charge in [-0.25, -0.2) is 4.98 Å². The summed E-state index contributed by atoms with van der Waals surface area (Å²) >= 11 is 3.18. The Labute approximate surface area is 159 Å². The lowest BCUT2D eigenvalue weighted by Gasteiger charge is -2.13. The summed E-state index contributed by atoms with van der Waals surface area (Å²) in [5.41, 5.74) is 3.16. The van der Waals surface area contributed by atoms with Crippen molar-refractivity contribution in [2.75, 3.05) is 0 Å². The largest absolute Gasteiger partial charge is 0.464 e. The third-order valence-corrected chi connectivity index (χ3v) is 6.43. The van der Waals surface area contributed by atoms with Crippen molar-refractivity contribution in [2.24, 2.45) is 0 Å². The molecule has 6 heteroatoms. The number of thiophene rings is 1. The molecular weight excluding hydrogens is 364 g/mol. The van der Waals surface area contributed by atoms with Crippen LogP contribution in [-0.4, -0.2) is 9.97 Å². The van der Waals surface area contributed by atoms with Gasteiger partial charge in [-0.3, -0.25) is 4.79 Å². The number of fused-ring (bicyclic) bond motifs is 1. The summed E-state index contributed by atoms with van der Waals surface area (Å²) in [6.45, 7) is 6.26. The number of nitrogens with one attached hydrogen (secondary N) is 1. The molecule has 0 bridgehead atoms. The van der Waals surface area contributed by atoms with Crippen LogP contribution in [0.3, 0.4) is 0 Å². The molecule has 4 rings (SSSR count). The van der Waals surface area contributed by atoms with Crippen LogP contribution < -0.4 is 5.56 Å². The number of rotatable bonds is 4. The smallest absolute Gasteiger partial charge is 0.260 e. The predicted octanol–water partition coefficient (Wildman–Crippen LogP) is 5.71. The number of furan rings is 1. The summed E-state index contributed by atoms with van der Waals surface area (Å²) < 4.78 is 5.44. The number of benzene rings is 1. The maximum Gasteiger partial charge on any atom is 0.260 e. The SMILES string of the molecule is Cc1ccc(SC(C)c2nc3scc(-c4ccco4)c3c(=O)[nH]2)c(C)c1. The molecule has 4 nitrogen and oxygen atoms in total. The van der Waals surface area contributed by atoms with Crippen molar-refractivity contribution in [3.8, 4) is 11.3 Å². The van der Waals surface area contributed by atoms with E-state index in [4.69, 9.17) is 9.40 Å². The van der Waals surface area contributed by atoms with Crippen LogP contribution in [0.5, 0.6) is 0 Å². The molecule has 0 aliphatic heterocycles. The van der Waals surface area contributed by atoms with Gasteiger partial charge < -0.3 is 9.40 Å². The molecule has 0 spiro atoms. The maximum atomic E-state index is 12.7. The molecule has 1 aromatic carbocycles. The van der Waals surface area contributed by atoms with E-state index in [1.54, 1.807) is 18.0 Å². The second kappa shape index (κ2) is 6.78. The second-order valence-corrected chi connectivity index (χ2v) is 8.53. The lowest BCUT2D eigenvalue weighted by atomic mass is 10.2. The van der Waals surface area contributed by atoms with Gasteiger partial charge in [0.05, 0.1) is 16.9 Å². The maximum absolute atomic E-state index is 12.7. The highest BCUT2D eigenvalue weighted by Crippen LogP contribution is 2.37. The molecular formula is C20H18N2O2S2. The van der Waals surface area contributed by atoms with Gasteiger partial charge in [-0.15, -0.1) is 23.1 Å². The minimum absolute atomic E-state index is 0.0441. The normalized spacial score (nSPS) is 12.6. The molecule has 26 heavy (non-hydrogen) atoms. The van der Waals surface area contributed by atoms with Crippen LogP contribution in [0.25, 0.3) is 21.5 Å². The lowest BCUT2D eigenvalue weighted by Crippen LogP contribution is -2.12. The number of hydrogen-bond acceptors (Lipinski definition) is 5. The van der Waals surface area contributed by atoms with Crippen LogP contribution in [-0.2, 0) is 0 Å². The van der Waals surface area contributed by atoms with E-state index in [-0.39, 0.29) is 10.8 Å². The Kier molecular flexibility index (Phi) is 4.46. The van der Waals surface area contributed by atoms with Crippen molar-refractivity contribution >= 4 is 33.3 Å². The molecule has 0 aliphatic carbocycles. The van der Waals surface area contributed by atoms with E-state index in [1.165, 1.54) is 27.4 Å². The number of aryl methyl sites for hydroxylation is 2. The van der Waals surface area contributed by atoms with Crippen molar-refractivity contribution in [3.05, 3.63) is 69.3 Å². The summed E-state index contributed by atoms with van der Waals surface area (Å²) in [5, 5.41) is 2.57. The van der Waals surface area contributed by atoms with Crippen LogP contribution in [0.1, 0.15) is 29.1 Å². The Balaban J connectivity index is 1.70. The zero-order valence-electron chi connectivity index (χ0n) is 14.7. The van der Waals surface area contributed by atoms with Gasteiger partial charge in [0.1, 0.15) is 16.4 Å². The summed E-state index contributed by atoms with van der Waals surface area (Å²) in [7, 11) is 0.